The molecule has 1 aliphatic heterocycles. The Morgan fingerprint density at radius 2 is 2.03 bits per heavy atom. The van der Waals surface area contributed by atoms with E-state index in [-0.39, 0.29) is 24.1 Å². The molecular weight excluding hydrogens is 387 g/mol. The molecule has 1 saturated heterocycles. The second kappa shape index (κ2) is 9.15. The van der Waals surface area contributed by atoms with Gasteiger partial charge in [0.25, 0.3) is 0 Å². The van der Waals surface area contributed by atoms with Crippen molar-refractivity contribution < 1.29 is 23.5 Å². The van der Waals surface area contributed by atoms with Crippen molar-refractivity contribution >= 4 is 23.4 Å². The maximum atomic E-state index is 14.2. The molecular formula is C23H25FN2O4. The highest BCUT2D eigenvalue weighted by Gasteiger charge is 2.24. The van der Waals surface area contributed by atoms with E-state index in [9.17, 15) is 14.0 Å². The zero-order valence-corrected chi connectivity index (χ0v) is 16.7. The predicted molar refractivity (Wildman–Crippen MR) is 111 cm³/mol. The fraction of sp³-hybridized carbons (Fsp3) is 0.391. The van der Waals surface area contributed by atoms with E-state index in [1.165, 1.54) is 35.9 Å². The van der Waals surface area contributed by atoms with Gasteiger partial charge in [-0.25, -0.2) is 9.18 Å². The number of anilines is 2. The van der Waals surface area contributed by atoms with Crippen molar-refractivity contribution in [1.29, 1.82) is 0 Å². The monoisotopic (exact) mass is 412 g/mol. The van der Waals surface area contributed by atoms with Crippen LogP contribution in [0.4, 0.5) is 20.6 Å². The maximum absolute atomic E-state index is 14.2. The van der Waals surface area contributed by atoms with Crippen LogP contribution in [0.2, 0.25) is 0 Å². The van der Waals surface area contributed by atoms with E-state index in [0.29, 0.717) is 25.3 Å². The Morgan fingerprint density at radius 1 is 1.20 bits per heavy atom. The van der Waals surface area contributed by atoms with E-state index in [2.05, 4.69) is 5.32 Å². The number of amides is 2. The van der Waals surface area contributed by atoms with E-state index in [0.717, 1.165) is 24.2 Å². The summed E-state index contributed by atoms with van der Waals surface area (Å²) in [7, 11) is 0. The Labute approximate surface area is 175 Å². The van der Waals surface area contributed by atoms with Gasteiger partial charge in [0.05, 0.1) is 18.3 Å². The number of carbonyl (C=O) groups is 2. The van der Waals surface area contributed by atoms with Crippen LogP contribution in [0.15, 0.2) is 42.5 Å². The Kier molecular flexibility index (Phi) is 6.16. The lowest BCUT2D eigenvalue weighted by atomic mass is 10.1. The minimum atomic E-state index is -0.549. The first kappa shape index (κ1) is 20.2. The van der Waals surface area contributed by atoms with Crippen LogP contribution < -0.4 is 15.0 Å². The van der Waals surface area contributed by atoms with Gasteiger partial charge < -0.3 is 14.8 Å². The number of halogens is 1. The zero-order valence-electron chi connectivity index (χ0n) is 16.7. The highest BCUT2D eigenvalue weighted by atomic mass is 19.1. The average molecular weight is 412 g/mol. The molecule has 4 rings (SSSR count). The summed E-state index contributed by atoms with van der Waals surface area (Å²) in [5, 5.41) is 2.61. The SMILES string of the molecule is O=C(CCc1cccc(OC2CCCC2)c1)Nc1cc(N2CCOC2=O)ccc1F. The van der Waals surface area contributed by atoms with Gasteiger partial charge in [-0.15, -0.1) is 0 Å². The average Bonchev–Trinajstić information content (AvgIpc) is 3.40. The van der Waals surface area contributed by atoms with Crippen LogP contribution in [0, 0.1) is 5.82 Å². The van der Waals surface area contributed by atoms with Gasteiger partial charge in [-0.3, -0.25) is 9.69 Å². The van der Waals surface area contributed by atoms with Crippen LogP contribution >= 0.6 is 0 Å². The van der Waals surface area contributed by atoms with Crippen molar-refractivity contribution in [2.24, 2.45) is 0 Å². The maximum Gasteiger partial charge on any atom is 0.414 e. The molecule has 0 radical (unpaired) electrons. The van der Waals surface area contributed by atoms with Gasteiger partial charge in [0.1, 0.15) is 18.2 Å². The summed E-state index contributed by atoms with van der Waals surface area (Å²) in [5.74, 6) is -0.0140. The summed E-state index contributed by atoms with van der Waals surface area (Å²) in [6.07, 6.45) is 5.14. The third-order valence-electron chi connectivity index (χ3n) is 5.44. The minimum Gasteiger partial charge on any atom is -0.490 e. The molecule has 2 aliphatic rings. The summed E-state index contributed by atoms with van der Waals surface area (Å²) in [6, 6.07) is 12.0. The summed E-state index contributed by atoms with van der Waals surface area (Å²) in [4.78, 5) is 25.5. The molecule has 2 amide bonds. The molecule has 1 heterocycles. The Balaban J connectivity index is 1.34. The summed E-state index contributed by atoms with van der Waals surface area (Å²) in [5.41, 5.74) is 1.54. The van der Waals surface area contributed by atoms with Crippen LogP contribution in [-0.2, 0) is 16.0 Å². The number of benzene rings is 2. The molecule has 2 aromatic carbocycles. The minimum absolute atomic E-state index is 0.0514. The fourth-order valence-electron chi connectivity index (χ4n) is 3.85. The third kappa shape index (κ3) is 4.90. The lowest BCUT2D eigenvalue weighted by Gasteiger charge is -2.15. The predicted octanol–water partition coefficient (Wildman–Crippen LogP) is 4.68. The van der Waals surface area contributed by atoms with Gasteiger partial charge in [0.15, 0.2) is 0 Å². The van der Waals surface area contributed by atoms with Gasteiger partial charge in [-0.2, -0.15) is 0 Å². The van der Waals surface area contributed by atoms with Crippen LogP contribution in [0.3, 0.4) is 0 Å². The number of hydrogen-bond acceptors (Lipinski definition) is 4. The normalized spacial score (nSPS) is 16.6. The number of hydrogen-bond donors (Lipinski definition) is 1. The smallest absolute Gasteiger partial charge is 0.414 e. The molecule has 2 fully saturated rings. The third-order valence-corrected chi connectivity index (χ3v) is 5.44. The molecule has 0 spiro atoms. The highest BCUT2D eigenvalue weighted by Crippen LogP contribution is 2.26. The Morgan fingerprint density at radius 3 is 2.80 bits per heavy atom. The molecule has 0 unspecified atom stereocenters. The molecule has 30 heavy (non-hydrogen) atoms. The first-order valence-electron chi connectivity index (χ1n) is 10.4. The van der Waals surface area contributed by atoms with Crippen molar-refractivity contribution in [2.45, 2.75) is 44.6 Å². The van der Waals surface area contributed by atoms with Gasteiger partial charge in [0, 0.05) is 12.1 Å². The van der Waals surface area contributed by atoms with Crippen molar-refractivity contribution in [3.05, 3.63) is 53.8 Å². The van der Waals surface area contributed by atoms with Gasteiger partial charge in [0.2, 0.25) is 5.91 Å². The van der Waals surface area contributed by atoms with Crippen LogP contribution in [0.5, 0.6) is 5.75 Å². The summed E-state index contributed by atoms with van der Waals surface area (Å²) >= 11 is 0. The van der Waals surface area contributed by atoms with E-state index in [1.807, 2.05) is 24.3 Å². The van der Waals surface area contributed by atoms with Crippen molar-refractivity contribution in [3.8, 4) is 5.75 Å². The lowest BCUT2D eigenvalue weighted by Crippen LogP contribution is -2.23. The molecule has 1 N–H and O–H groups in total. The van der Waals surface area contributed by atoms with Crippen LogP contribution in [0.25, 0.3) is 0 Å². The molecule has 6 nitrogen and oxygen atoms in total. The highest BCUT2D eigenvalue weighted by molar-refractivity contribution is 5.94. The molecule has 1 saturated carbocycles. The largest absolute Gasteiger partial charge is 0.490 e. The van der Waals surface area contributed by atoms with E-state index >= 15 is 0 Å². The topological polar surface area (TPSA) is 67.9 Å². The van der Waals surface area contributed by atoms with Gasteiger partial charge >= 0.3 is 6.09 Å². The molecule has 0 atom stereocenters. The lowest BCUT2D eigenvalue weighted by molar-refractivity contribution is -0.116. The first-order chi connectivity index (χ1) is 14.6. The second-order valence-corrected chi connectivity index (χ2v) is 7.65. The number of cyclic esters (lactones) is 1. The van der Waals surface area contributed by atoms with E-state index < -0.39 is 11.9 Å². The summed E-state index contributed by atoms with van der Waals surface area (Å²) in [6.45, 7) is 0.693. The Hall–Kier alpha value is -3.09. The van der Waals surface area contributed by atoms with Crippen molar-refractivity contribution in [1.82, 2.24) is 0 Å². The molecule has 0 bridgehead atoms. The standard InChI is InChI=1S/C23H25FN2O4/c24-20-10-9-17(26-12-13-29-23(26)28)15-21(20)25-22(27)11-8-16-4-3-7-19(14-16)30-18-5-1-2-6-18/h3-4,7,9-10,14-15,18H,1-2,5-6,8,11-13H2,(H,25,27). The second-order valence-electron chi connectivity index (χ2n) is 7.65. The molecule has 1 aliphatic carbocycles. The number of carbonyl (C=O) groups excluding carboxylic acids is 2. The molecule has 0 aromatic heterocycles. The quantitative estimate of drug-likeness (QED) is 0.717. The van der Waals surface area contributed by atoms with E-state index in [1.54, 1.807) is 0 Å². The molecule has 158 valence electrons. The first-order valence-corrected chi connectivity index (χ1v) is 10.4. The Bertz CT molecular complexity index is 927. The summed E-state index contributed by atoms with van der Waals surface area (Å²) < 4.78 is 25.1. The fourth-order valence-corrected chi connectivity index (χ4v) is 3.85. The van der Waals surface area contributed by atoms with Gasteiger partial charge in [-0.1, -0.05) is 12.1 Å². The van der Waals surface area contributed by atoms with Gasteiger partial charge in [-0.05, 0) is 68.0 Å². The van der Waals surface area contributed by atoms with Crippen LogP contribution in [-0.4, -0.2) is 31.3 Å². The molecule has 7 heteroatoms. The number of nitrogens with zero attached hydrogens (tertiary/aromatic N) is 1. The number of nitrogens with one attached hydrogen (secondary N) is 1. The number of ether oxygens (including phenoxy) is 2. The number of aryl methyl sites for hydroxylation is 1. The van der Waals surface area contributed by atoms with E-state index in [4.69, 9.17) is 9.47 Å². The van der Waals surface area contributed by atoms with Crippen molar-refractivity contribution in [2.75, 3.05) is 23.4 Å². The van der Waals surface area contributed by atoms with Crippen molar-refractivity contribution in [3.63, 3.8) is 0 Å². The number of rotatable bonds is 7. The molecule has 2 aromatic rings. The zero-order chi connectivity index (χ0) is 20.9. The van der Waals surface area contributed by atoms with Crippen LogP contribution in [0.1, 0.15) is 37.7 Å².